The number of rotatable bonds is 3. The van der Waals surface area contributed by atoms with E-state index in [1.165, 1.54) is 32.5 Å². The van der Waals surface area contributed by atoms with Gasteiger partial charge in [-0.15, -0.1) is 0 Å². The molecule has 120 valence electrons. The molecule has 4 saturated carbocycles. The van der Waals surface area contributed by atoms with Gasteiger partial charge in [0.2, 0.25) is 0 Å². The lowest BCUT2D eigenvalue weighted by Crippen LogP contribution is -2.57. The van der Waals surface area contributed by atoms with Crippen LogP contribution in [-0.2, 0) is 0 Å². The molecule has 0 radical (unpaired) electrons. The molecule has 1 aliphatic heterocycles. The third-order valence-electron chi connectivity index (χ3n) is 7.52. The highest BCUT2D eigenvalue weighted by Crippen LogP contribution is 2.61. The normalized spacial score (nSPS) is 48.3. The Morgan fingerprint density at radius 2 is 1.71 bits per heavy atom. The predicted molar refractivity (Wildman–Crippen MR) is 88.3 cm³/mol. The van der Waals surface area contributed by atoms with Gasteiger partial charge in [-0.1, -0.05) is 6.92 Å². The van der Waals surface area contributed by atoms with Crippen molar-refractivity contribution in [2.24, 2.45) is 23.2 Å². The average molecular weight is 290 g/mol. The minimum Gasteiger partial charge on any atom is -0.313 e. The van der Waals surface area contributed by atoms with Crippen molar-refractivity contribution in [3.8, 4) is 0 Å². The van der Waals surface area contributed by atoms with Gasteiger partial charge in [0.1, 0.15) is 0 Å². The van der Waals surface area contributed by atoms with E-state index in [-0.39, 0.29) is 0 Å². The van der Waals surface area contributed by atoms with Crippen LogP contribution in [-0.4, -0.2) is 36.6 Å². The van der Waals surface area contributed by atoms with Gasteiger partial charge in [-0.2, -0.15) is 0 Å². The van der Waals surface area contributed by atoms with Crippen LogP contribution in [0.4, 0.5) is 0 Å². The van der Waals surface area contributed by atoms with Gasteiger partial charge in [-0.25, -0.2) is 0 Å². The summed E-state index contributed by atoms with van der Waals surface area (Å²) in [6.45, 7) is 8.77. The van der Waals surface area contributed by atoms with Gasteiger partial charge in [0.25, 0.3) is 0 Å². The van der Waals surface area contributed by atoms with Crippen molar-refractivity contribution in [3.63, 3.8) is 0 Å². The number of nitrogens with zero attached hydrogens (tertiary/aromatic N) is 1. The summed E-state index contributed by atoms with van der Waals surface area (Å²) >= 11 is 0. The summed E-state index contributed by atoms with van der Waals surface area (Å²) in [6, 6.07) is 1.55. The minimum absolute atomic E-state index is 0.692. The average Bonchev–Trinajstić information content (AvgIpc) is 2.70. The molecule has 4 bridgehead atoms. The van der Waals surface area contributed by atoms with Crippen molar-refractivity contribution in [2.45, 2.75) is 77.3 Å². The molecular weight excluding hydrogens is 256 g/mol. The Morgan fingerprint density at radius 1 is 1.10 bits per heavy atom. The molecule has 2 heteroatoms. The molecule has 4 aliphatic carbocycles. The highest BCUT2D eigenvalue weighted by atomic mass is 15.2. The summed E-state index contributed by atoms with van der Waals surface area (Å²) < 4.78 is 0. The predicted octanol–water partition coefficient (Wildman–Crippen LogP) is 3.67. The Kier molecular flexibility index (Phi) is 3.82. The van der Waals surface area contributed by atoms with E-state index in [0.717, 1.165) is 29.8 Å². The first-order valence-electron chi connectivity index (χ1n) is 9.66. The lowest BCUT2D eigenvalue weighted by molar-refractivity contribution is -0.0967. The Morgan fingerprint density at radius 3 is 2.29 bits per heavy atom. The Hall–Kier alpha value is -0.0800. The smallest absolute Gasteiger partial charge is 0.0192 e. The van der Waals surface area contributed by atoms with Crippen molar-refractivity contribution in [1.82, 2.24) is 10.2 Å². The van der Waals surface area contributed by atoms with Crippen LogP contribution in [0.3, 0.4) is 0 Å². The first-order chi connectivity index (χ1) is 10.2. The fraction of sp³-hybridized carbons (Fsp3) is 1.00. The standard InChI is InChI=1S/C19H34N2/c1-3-18-13-21(6-4-5-20-18)14(2)19-10-15-7-16(11-19)9-17(8-15)12-19/h14-18,20H,3-13H2,1-2H3. The molecule has 0 amide bonds. The first kappa shape index (κ1) is 14.5. The summed E-state index contributed by atoms with van der Waals surface area (Å²) in [4.78, 5) is 2.88. The summed E-state index contributed by atoms with van der Waals surface area (Å²) in [5.41, 5.74) is 0.692. The Balaban J connectivity index is 1.52. The maximum absolute atomic E-state index is 3.75. The Labute approximate surface area is 131 Å². The number of hydrogen-bond acceptors (Lipinski definition) is 2. The molecule has 2 unspecified atom stereocenters. The Bertz CT molecular complexity index is 342. The van der Waals surface area contributed by atoms with E-state index in [1.54, 1.807) is 38.5 Å². The van der Waals surface area contributed by atoms with Crippen LogP contribution in [0.5, 0.6) is 0 Å². The van der Waals surface area contributed by atoms with Gasteiger partial charge >= 0.3 is 0 Å². The molecule has 5 aliphatic rings. The van der Waals surface area contributed by atoms with E-state index in [2.05, 4.69) is 24.1 Å². The van der Waals surface area contributed by atoms with Gasteiger partial charge < -0.3 is 5.32 Å². The van der Waals surface area contributed by atoms with Crippen molar-refractivity contribution in [3.05, 3.63) is 0 Å². The van der Waals surface area contributed by atoms with Crippen molar-refractivity contribution in [2.75, 3.05) is 19.6 Å². The molecule has 1 heterocycles. The van der Waals surface area contributed by atoms with Gasteiger partial charge in [-0.3, -0.25) is 4.90 Å². The van der Waals surface area contributed by atoms with Crippen LogP contribution in [0.15, 0.2) is 0 Å². The summed E-state index contributed by atoms with van der Waals surface area (Å²) in [6.07, 6.45) is 12.0. The minimum atomic E-state index is 0.692. The molecule has 2 atom stereocenters. The molecule has 5 rings (SSSR count). The van der Waals surface area contributed by atoms with E-state index >= 15 is 0 Å². The van der Waals surface area contributed by atoms with Crippen LogP contribution in [0.25, 0.3) is 0 Å². The molecule has 1 saturated heterocycles. The molecule has 0 aromatic carbocycles. The van der Waals surface area contributed by atoms with E-state index in [1.807, 2.05) is 0 Å². The summed E-state index contributed by atoms with van der Waals surface area (Å²) in [7, 11) is 0. The molecule has 2 nitrogen and oxygen atoms in total. The fourth-order valence-corrected chi connectivity index (χ4v) is 6.73. The molecule has 0 aromatic heterocycles. The molecular formula is C19H34N2. The van der Waals surface area contributed by atoms with E-state index in [0.29, 0.717) is 5.41 Å². The highest BCUT2D eigenvalue weighted by molar-refractivity contribution is 5.06. The van der Waals surface area contributed by atoms with E-state index in [9.17, 15) is 0 Å². The molecule has 0 aromatic rings. The summed E-state index contributed by atoms with van der Waals surface area (Å²) in [5.74, 6) is 3.27. The zero-order valence-corrected chi connectivity index (χ0v) is 14.1. The lowest BCUT2D eigenvalue weighted by atomic mass is 9.47. The van der Waals surface area contributed by atoms with E-state index < -0.39 is 0 Å². The molecule has 5 fully saturated rings. The van der Waals surface area contributed by atoms with E-state index in [4.69, 9.17) is 0 Å². The largest absolute Gasteiger partial charge is 0.313 e. The SMILES string of the molecule is CCC1CN(C(C)C23CC4CC(CC(C4)C2)C3)CCCN1. The second kappa shape index (κ2) is 5.53. The van der Waals surface area contributed by atoms with Crippen LogP contribution >= 0.6 is 0 Å². The van der Waals surface area contributed by atoms with Crippen LogP contribution < -0.4 is 5.32 Å². The maximum atomic E-state index is 3.75. The number of nitrogens with one attached hydrogen (secondary N) is 1. The van der Waals surface area contributed by atoms with Gasteiger partial charge in [0.15, 0.2) is 0 Å². The molecule has 0 spiro atoms. The third kappa shape index (κ3) is 2.57. The van der Waals surface area contributed by atoms with Gasteiger partial charge in [0, 0.05) is 18.6 Å². The molecule has 21 heavy (non-hydrogen) atoms. The second-order valence-corrected chi connectivity index (χ2v) is 8.86. The van der Waals surface area contributed by atoms with Gasteiger partial charge in [-0.05, 0) is 94.5 Å². The highest BCUT2D eigenvalue weighted by Gasteiger charge is 2.54. The zero-order valence-electron chi connectivity index (χ0n) is 14.1. The van der Waals surface area contributed by atoms with Crippen LogP contribution in [0.1, 0.15) is 65.2 Å². The first-order valence-corrected chi connectivity index (χ1v) is 9.66. The summed E-state index contributed by atoms with van der Waals surface area (Å²) in [5, 5.41) is 3.75. The monoisotopic (exact) mass is 290 g/mol. The van der Waals surface area contributed by atoms with Crippen molar-refractivity contribution < 1.29 is 0 Å². The van der Waals surface area contributed by atoms with Gasteiger partial charge in [0.05, 0.1) is 0 Å². The molecule has 1 N–H and O–H groups in total. The van der Waals surface area contributed by atoms with Crippen molar-refractivity contribution in [1.29, 1.82) is 0 Å². The second-order valence-electron chi connectivity index (χ2n) is 8.86. The third-order valence-corrected chi connectivity index (χ3v) is 7.52. The zero-order chi connectivity index (χ0) is 14.4. The fourth-order valence-electron chi connectivity index (χ4n) is 6.73. The van der Waals surface area contributed by atoms with Crippen LogP contribution in [0, 0.1) is 23.2 Å². The lowest BCUT2D eigenvalue weighted by Gasteiger charge is -2.60. The quantitative estimate of drug-likeness (QED) is 0.853. The maximum Gasteiger partial charge on any atom is 0.0192 e. The topological polar surface area (TPSA) is 15.3 Å². The number of hydrogen-bond donors (Lipinski definition) is 1. The van der Waals surface area contributed by atoms with Crippen LogP contribution in [0.2, 0.25) is 0 Å². The van der Waals surface area contributed by atoms with Crippen molar-refractivity contribution >= 4 is 0 Å².